The monoisotopic (exact) mass is 367 g/mol. The van der Waals surface area contributed by atoms with Gasteiger partial charge in [-0.2, -0.15) is 0 Å². The average Bonchev–Trinajstić information content (AvgIpc) is 3.40. The van der Waals surface area contributed by atoms with Crippen molar-refractivity contribution in [2.45, 2.75) is 25.7 Å². The van der Waals surface area contributed by atoms with E-state index in [1.165, 1.54) is 31.0 Å². The van der Waals surface area contributed by atoms with E-state index < -0.39 is 5.82 Å². The molecular formula is C18H23ClFN3O2. The number of carbonyl (C=O) groups is 2. The molecule has 7 heteroatoms. The molecule has 2 N–H and O–H groups in total. The summed E-state index contributed by atoms with van der Waals surface area (Å²) in [4.78, 5) is 26.4. The number of hydrogen-bond acceptors (Lipinski definition) is 3. The van der Waals surface area contributed by atoms with Crippen molar-refractivity contribution in [1.82, 2.24) is 10.2 Å². The van der Waals surface area contributed by atoms with Crippen LogP contribution in [0.5, 0.6) is 0 Å². The van der Waals surface area contributed by atoms with Crippen molar-refractivity contribution in [2.75, 3.05) is 31.5 Å². The van der Waals surface area contributed by atoms with E-state index in [0.29, 0.717) is 18.2 Å². The van der Waals surface area contributed by atoms with Gasteiger partial charge in [0.2, 0.25) is 11.8 Å². The Bertz CT molecular complexity index is 651. The number of amides is 2. The second-order valence-corrected chi connectivity index (χ2v) is 7.35. The number of nitrogens with zero attached hydrogens (tertiary/aromatic N) is 1. The van der Waals surface area contributed by atoms with Gasteiger partial charge in [0.15, 0.2) is 0 Å². The summed E-state index contributed by atoms with van der Waals surface area (Å²) in [5, 5.41) is 5.72. The Morgan fingerprint density at radius 3 is 2.80 bits per heavy atom. The van der Waals surface area contributed by atoms with Gasteiger partial charge in [-0.25, -0.2) is 4.39 Å². The smallest absolute Gasteiger partial charge is 0.238 e. The maximum absolute atomic E-state index is 13.2. The highest BCUT2D eigenvalue weighted by molar-refractivity contribution is 6.31. The van der Waals surface area contributed by atoms with E-state index >= 15 is 0 Å². The second-order valence-electron chi connectivity index (χ2n) is 6.94. The molecule has 1 aliphatic heterocycles. The zero-order valence-corrected chi connectivity index (χ0v) is 14.8. The summed E-state index contributed by atoms with van der Waals surface area (Å²) in [6.07, 6.45) is 4.19. The third-order valence-electron chi connectivity index (χ3n) is 4.71. The summed E-state index contributed by atoms with van der Waals surface area (Å²) in [6.45, 7) is 2.38. The van der Waals surface area contributed by atoms with Crippen molar-refractivity contribution in [3.8, 4) is 0 Å². The topological polar surface area (TPSA) is 61.4 Å². The quantitative estimate of drug-likeness (QED) is 0.812. The van der Waals surface area contributed by atoms with Gasteiger partial charge in [-0.1, -0.05) is 11.6 Å². The normalized spacial score (nSPS) is 21.0. The average molecular weight is 368 g/mol. The predicted octanol–water partition coefficient (Wildman–Crippen LogP) is 2.66. The number of likely N-dealkylation sites (tertiary alicyclic amines) is 1. The summed E-state index contributed by atoms with van der Waals surface area (Å²) >= 11 is 5.72. The largest absolute Gasteiger partial charge is 0.356 e. The van der Waals surface area contributed by atoms with Crippen LogP contribution in [-0.2, 0) is 9.59 Å². The van der Waals surface area contributed by atoms with E-state index in [2.05, 4.69) is 10.6 Å². The minimum absolute atomic E-state index is 0.0248. The first-order valence-electron chi connectivity index (χ1n) is 8.76. The van der Waals surface area contributed by atoms with Crippen molar-refractivity contribution in [3.63, 3.8) is 0 Å². The molecule has 5 nitrogen and oxygen atoms in total. The molecule has 1 atom stereocenters. The summed E-state index contributed by atoms with van der Waals surface area (Å²) in [7, 11) is 0. The molecule has 1 saturated carbocycles. The Kier molecular flexibility index (Phi) is 5.91. The maximum Gasteiger partial charge on any atom is 0.238 e. The first kappa shape index (κ1) is 18.1. The molecular weight excluding hydrogens is 345 g/mol. The predicted molar refractivity (Wildman–Crippen MR) is 94.9 cm³/mol. The fourth-order valence-electron chi connectivity index (χ4n) is 3.10. The zero-order valence-electron chi connectivity index (χ0n) is 14.1. The van der Waals surface area contributed by atoms with Crippen LogP contribution in [0.15, 0.2) is 18.2 Å². The SMILES string of the molecule is O=C(CN1CCCC(C(=O)NCC2CC2)C1)Nc1ccc(F)c(Cl)c1. The number of carbonyl (C=O) groups excluding carboxylic acids is 2. The number of rotatable bonds is 6. The van der Waals surface area contributed by atoms with Crippen LogP contribution < -0.4 is 10.6 Å². The number of nitrogens with one attached hydrogen (secondary N) is 2. The van der Waals surface area contributed by atoms with Gasteiger partial charge in [0.05, 0.1) is 17.5 Å². The van der Waals surface area contributed by atoms with E-state index in [1.54, 1.807) is 0 Å². The molecule has 0 aromatic heterocycles. The molecule has 3 rings (SSSR count). The first-order valence-corrected chi connectivity index (χ1v) is 9.14. The molecule has 1 saturated heterocycles. The zero-order chi connectivity index (χ0) is 17.8. The molecule has 1 aliphatic carbocycles. The number of benzene rings is 1. The summed E-state index contributed by atoms with van der Waals surface area (Å²) in [6, 6.07) is 4.08. The van der Waals surface area contributed by atoms with Crippen LogP contribution in [0.25, 0.3) is 0 Å². The minimum atomic E-state index is -0.518. The van der Waals surface area contributed by atoms with Crippen LogP contribution in [-0.4, -0.2) is 42.9 Å². The fourth-order valence-corrected chi connectivity index (χ4v) is 3.28. The lowest BCUT2D eigenvalue weighted by Gasteiger charge is -2.31. The van der Waals surface area contributed by atoms with Crippen LogP contribution in [0, 0.1) is 17.7 Å². The van der Waals surface area contributed by atoms with E-state index in [1.807, 2.05) is 4.90 Å². The van der Waals surface area contributed by atoms with E-state index in [0.717, 1.165) is 25.9 Å². The van der Waals surface area contributed by atoms with Crippen molar-refractivity contribution in [1.29, 1.82) is 0 Å². The van der Waals surface area contributed by atoms with E-state index in [-0.39, 0.29) is 29.3 Å². The molecule has 2 fully saturated rings. The Morgan fingerprint density at radius 1 is 1.28 bits per heavy atom. The van der Waals surface area contributed by atoms with Gasteiger partial charge in [-0.05, 0) is 56.3 Å². The van der Waals surface area contributed by atoms with Crippen LogP contribution in [0.4, 0.5) is 10.1 Å². The van der Waals surface area contributed by atoms with E-state index in [9.17, 15) is 14.0 Å². The number of anilines is 1. The van der Waals surface area contributed by atoms with Crippen molar-refractivity contribution < 1.29 is 14.0 Å². The lowest BCUT2D eigenvalue weighted by molar-refractivity contribution is -0.128. The number of hydrogen-bond donors (Lipinski definition) is 2. The number of halogens is 2. The van der Waals surface area contributed by atoms with E-state index in [4.69, 9.17) is 11.6 Å². The lowest BCUT2D eigenvalue weighted by atomic mass is 9.97. The first-order chi connectivity index (χ1) is 12.0. The molecule has 2 amide bonds. The third kappa shape index (κ3) is 5.41. The van der Waals surface area contributed by atoms with Crippen molar-refractivity contribution in [2.24, 2.45) is 11.8 Å². The Hall–Kier alpha value is -1.66. The fraction of sp³-hybridized carbons (Fsp3) is 0.556. The lowest BCUT2D eigenvalue weighted by Crippen LogP contribution is -2.45. The van der Waals surface area contributed by atoms with Gasteiger partial charge < -0.3 is 10.6 Å². The van der Waals surface area contributed by atoms with Gasteiger partial charge >= 0.3 is 0 Å². The minimum Gasteiger partial charge on any atom is -0.356 e. The summed E-state index contributed by atoms with van der Waals surface area (Å²) in [5.74, 6) is -0.00249. The molecule has 0 radical (unpaired) electrons. The molecule has 1 aromatic rings. The molecule has 1 heterocycles. The van der Waals surface area contributed by atoms with Gasteiger partial charge in [0.1, 0.15) is 5.82 Å². The van der Waals surface area contributed by atoms with Gasteiger partial charge in [0, 0.05) is 18.8 Å². The van der Waals surface area contributed by atoms with Crippen LogP contribution >= 0.6 is 11.6 Å². The van der Waals surface area contributed by atoms with Gasteiger partial charge in [-0.3, -0.25) is 14.5 Å². The molecule has 0 spiro atoms. The Morgan fingerprint density at radius 2 is 2.08 bits per heavy atom. The second kappa shape index (κ2) is 8.15. The standard InChI is InChI=1S/C18H23ClFN3O2/c19-15-8-14(5-6-16(15)20)22-17(24)11-23-7-1-2-13(10-23)18(25)21-9-12-3-4-12/h5-6,8,12-13H,1-4,7,9-11H2,(H,21,25)(H,22,24). The maximum atomic E-state index is 13.2. The third-order valence-corrected chi connectivity index (χ3v) is 5.00. The molecule has 1 aromatic carbocycles. The molecule has 136 valence electrons. The van der Waals surface area contributed by atoms with Crippen molar-refractivity contribution >= 4 is 29.1 Å². The molecule has 0 bridgehead atoms. The van der Waals surface area contributed by atoms with Crippen LogP contribution in [0.2, 0.25) is 5.02 Å². The number of piperidine rings is 1. The summed E-state index contributed by atoms with van der Waals surface area (Å²) in [5.41, 5.74) is 0.465. The summed E-state index contributed by atoms with van der Waals surface area (Å²) < 4.78 is 13.2. The Balaban J connectivity index is 1.46. The molecule has 25 heavy (non-hydrogen) atoms. The highest BCUT2D eigenvalue weighted by Crippen LogP contribution is 2.28. The highest BCUT2D eigenvalue weighted by atomic mass is 35.5. The van der Waals surface area contributed by atoms with Crippen LogP contribution in [0.3, 0.4) is 0 Å². The van der Waals surface area contributed by atoms with Crippen LogP contribution in [0.1, 0.15) is 25.7 Å². The molecule has 2 aliphatic rings. The molecule has 1 unspecified atom stereocenters. The van der Waals surface area contributed by atoms with Gasteiger partial charge in [0.25, 0.3) is 0 Å². The van der Waals surface area contributed by atoms with Gasteiger partial charge in [-0.15, -0.1) is 0 Å². The Labute approximate surface area is 151 Å². The highest BCUT2D eigenvalue weighted by Gasteiger charge is 2.28. The van der Waals surface area contributed by atoms with Crippen molar-refractivity contribution in [3.05, 3.63) is 29.0 Å².